The van der Waals surface area contributed by atoms with Crippen molar-refractivity contribution in [2.75, 3.05) is 0 Å². The zero-order valence-corrected chi connectivity index (χ0v) is 12.7. The number of nitrogens with zero attached hydrogens (tertiary/aromatic N) is 1. The van der Waals surface area contributed by atoms with Crippen molar-refractivity contribution in [1.82, 2.24) is 0 Å². The summed E-state index contributed by atoms with van der Waals surface area (Å²) in [4.78, 5) is 10.6. The Morgan fingerprint density at radius 3 is 2.65 bits per heavy atom. The quantitative estimate of drug-likeness (QED) is 0.444. The zero-order chi connectivity index (χ0) is 14.5. The third-order valence-corrected chi connectivity index (χ3v) is 3.46. The summed E-state index contributed by atoms with van der Waals surface area (Å²) < 4.78 is 6.47. The van der Waals surface area contributed by atoms with E-state index in [9.17, 15) is 10.1 Å². The highest BCUT2D eigenvalue weighted by Crippen LogP contribution is 2.29. The van der Waals surface area contributed by atoms with Crippen LogP contribution < -0.4 is 4.74 Å². The van der Waals surface area contributed by atoms with Crippen molar-refractivity contribution in [2.24, 2.45) is 0 Å². The van der Waals surface area contributed by atoms with E-state index in [4.69, 9.17) is 16.3 Å². The van der Waals surface area contributed by atoms with Crippen LogP contribution in [0.3, 0.4) is 0 Å². The van der Waals surface area contributed by atoms with Gasteiger partial charge in [-0.15, -0.1) is 11.6 Å². The fourth-order valence-corrected chi connectivity index (χ4v) is 2.31. The molecule has 0 unspecified atom stereocenters. The second-order valence-corrected chi connectivity index (χ2v) is 5.29. The summed E-state index contributed by atoms with van der Waals surface area (Å²) in [5.41, 5.74) is 1.54. The van der Waals surface area contributed by atoms with E-state index in [1.807, 2.05) is 24.3 Å². The lowest BCUT2D eigenvalue weighted by molar-refractivity contribution is -0.386. The minimum atomic E-state index is -0.466. The van der Waals surface area contributed by atoms with Crippen LogP contribution in [0.25, 0.3) is 0 Å². The molecule has 0 aliphatic carbocycles. The molecule has 0 saturated carbocycles. The number of nitro groups is 1. The van der Waals surface area contributed by atoms with Crippen molar-refractivity contribution in [3.8, 4) is 5.75 Å². The highest BCUT2D eigenvalue weighted by atomic mass is 79.9. The molecule has 0 aromatic heterocycles. The Morgan fingerprint density at radius 2 is 2.00 bits per heavy atom. The minimum Gasteiger partial charge on any atom is -0.482 e. The third-order valence-electron chi connectivity index (χ3n) is 2.66. The fraction of sp³-hybridized carbons (Fsp3) is 0.143. The predicted molar refractivity (Wildman–Crippen MR) is 81.1 cm³/mol. The summed E-state index contributed by atoms with van der Waals surface area (Å²) in [6.45, 7) is 0.264. The number of hydrogen-bond donors (Lipinski definition) is 0. The highest BCUT2D eigenvalue weighted by Gasteiger charge is 2.15. The van der Waals surface area contributed by atoms with Gasteiger partial charge in [0.25, 0.3) is 0 Å². The van der Waals surface area contributed by atoms with Crippen LogP contribution >= 0.6 is 27.5 Å². The molecule has 2 rings (SSSR count). The van der Waals surface area contributed by atoms with Crippen LogP contribution in [0.5, 0.6) is 5.75 Å². The van der Waals surface area contributed by atoms with Crippen LogP contribution in [0.2, 0.25) is 0 Å². The molecule has 0 bridgehead atoms. The maximum Gasteiger partial charge on any atom is 0.311 e. The van der Waals surface area contributed by atoms with Gasteiger partial charge in [0.05, 0.1) is 4.92 Å². The second-order valence-electron chi connectivity index (χ2n) is 4.11. The third kappa shape index (κ3) is 3.71. The van der Waals surface area contributed by atoms with Gasteiger partial charge in [0, 0.05) is 16.4 Å². The van der Waals surface area contributed by atoms with Gasteiger partial charge in [0.2, 0.25) is 0 Å². The van der Waals surface area contributed by atoms with Crippen molar-refractivity contribution in [3.05, 3.63) is 68.2 Å². The van der Waals surface area contributed by atoms with Crippen LogP contribution in [-0.2, 0) is 12.5 Å². The molecule has 4 nitrogen and oxygen atoms in total. The van der Waals surface area contributed by atoms with Crippen LogP contribution in [0.4, 0.5) is 5.69 Å². The summed E-state index contributed by atoms with van der Waals surface area (Å²) in [6, 6.07) is 12.3. The number of nitro benzene ring substituents is 1. The Morgan fingerprint density at radius 1 is 1.20 bits per heavy atom. The van der Waals surface area contributed by atoms with Crippen molar-refractivity contribution < 1.29 is 9.66 Å². The first kappa shape index (κ1) is 14.8. The molecule has 0 atom stereocenters. The molecule has 6 heteroatoms. The lowest BCUT2D eigenvalue weighted by Crippen LogP contribution is -1.99. The Kier molecular flexibility index (Phi) is 4.98. The summed E-state index contributed by atoms with van der Waals surface area (Å²) in [7, 11) is 0. The maximum atomic E-state index is 11.0. The van der Waals surface area contributed by atoms with Gasteiger partial charge < -0.3 is 4.74 Å². The molecule has 2 aromatic carbocycles. The van der Waals surface area contributed by atoms with Gasteiger partial charge in [-0.3, -0.25) is 10.1 Å². The molecule has 0 amide bonds. The van der Waals surface area contributed by atoms with Gasteiger partial charge in [-0.25, -0.2) is 0 Å². The van der Waals surface area contributed by atoms with Crippen LogP contribution in [0.1, 0.15) is 11.1 Å². The van der Waals surface area contributed by atoms with E-state index in [1.54, 1.807) is 12.1 Å². The Balaban J connectivity index is 2.18. The molecule has 0 aliphatic rings. The van der Waals surface area contributed by atoms with Gasteiger partial charge in [0.1, 0.15) is 6.61 Å². The molecular weight excluding hydrogens is 346 g/mol. The van der Waals surface area contributed by atoms with E-state index in [2.05, 4.69) is 15.9 Å². The zero-order valence-electron chi connectivity index (χ0n) is 10.4. The van der Waals surface area contributed by atoms with E-state index in [1.165, 1.54) is 6.07 Å². The predicted octanol–water partition coefficient (Wildman–Crippen LogP) is 4.68. The smallest absolute Gasteiger partial charge is 0.311 e. The molecule has 0 heterocycles. The van der Waals surface area contributed by atoms with Gasteiger partial charge >= 0.3 is 5.69 Å². The number of halogens is 2. The van der Waals surface area contributed by atoms with Gasteiger partial charge in [-0.1, -0.05) is 34.1 Å². The molecule has 0 saturated heterocycles. The van der Waals surface area contributed by atoms with Crippen molar-refractivity contribution in [1.29, 1.82) is 0 Å². The lowest BCUT2D eigenvalue weighted by atomic mass is 10.2. The molecule has 0 fully saturated rings. The second kappa shape index (κ2) is 6.72. The summed E-state index contributed by atoms with van der Waals surface area (Å²) in [6.07, 6.45) is 0. The van der Waals surface area contributed by atoms with Gasteiger partial charge in [0.15, 0.2) is 5.75 Å². The topological polar surface area (TPSA) is 52.4 Å². The van der Waals surface area contributed by atoms with Crippen molar-refractivity contribution in [3.63, 3.8) is 0 Å². The molecule has 2 aromatic rings. The van der Waals surface area contributed by atoms with Crippen LogP contribution in [0, 0.1) is 10.1 Å². The molecule has 0 spiro atoms. The van der Waals surface area contributed by atoms with E-state index < -0.39 is 4.92 Å². The monoisotopic (exact) mass is 355 g/mol. The van der Waals surface area contributed by atoms with Crippen LogP contribution in [0.15, 0.2) is 46.9 Å². The SMILES string of the molecule is O=[N+]([O-])c1cc(CCl)ccc1OCc1cccc(Br)c1. The number of benzene rings is 2. The van der Waals surface area contributed by atoms with Gasteiger partial charge in [-0.2, -0.15) is 0 Å². The van der Waals surface area contributed by atoms with E-state index in [0.717, 1.165) is 10.0 Å². The first-order valence-electron chi connectivity index (χ1n) is 5.80. The number of alkyl halides is 1. The average Bonchev–Trinajstić information content (AvgIpc) is 2.45. The summed E-state index contributed by atoms with van der Waals surface area (Å²) in [5.74, 6) is 0.469. The summed E-state index contributed by atoms with van der Waals surface area (Å²) in [5, 5.41) is 11.0. The fourth-order valence-electron chi connectivity index (χ4n) is 1.70. The molecule has 0 aliphatic heterocycles. The summed E-state index contributed by atoms with van der Waals surface area (Å²) >= 11 is 9.04. The van der Waals surface area contributed by atoms with Gasteiger partial charge in [-0.05, 0) is 29.3 Å². The van der Waals surface area contributed by atoms with E-state index in [-0.39, 0.29) is 23.9 Å². The molecule has 0 N–H and O–H groups in total. The Bertz CT molecular complexity index is 634. The highest BCUT2D eigenvalue weighted by molar-refractivity contribution is 9.10. The Hall–Kier alpha value is -1.59. The minimum absolute atomic E-state index is 0.0712. The molecular formula is C14H11BrClNO3. The number of rotatable bonds is 5. The first-order chi connectivity index (χ1) is 9.60. The van der Waals surface area contributed by atoms with Crippen molar-refractivity contribution >= 4 is 33.2 Å². The van der Waals surface area contributed by atoms with Crippen molar-refractivity contribution in [2.45, 2.75) is 12.5 Å². The standard InChI is InChI=1S/C14H11BrClNO3/c15-12-3-1-2-11(6-12)9-20-14-5-4-10(8-16)7-13(14)17(18)19/h1-7H,8-9H2. The van der Waals surface area contributed by atoms with E-state index in [0.29, 0.717) is 5.56 Å². The maximum absolute atomic E-state index is 11.0. The van der Waals surface area contributed by atoms with E-state index >= 15 is 0 Å². The molecule has 0 radical (unpaired) electrons. The molecule has 104 valence electrons. The molecule has 20 heavy (non-hydrogen) atoms. The number of hydrogen-bond acceptors (Lipinski definition) is 3. The first-order valence-corrected chi connectivity index (χ1v) is 7.13. The Labute approximate surface area is 129 Å². The average molecular weight is 357 g/mol. The largest absolute Gasteiger partial charge is 0.482 e. The number of ether oxygens (including phenoxy) is 1. The lowest BCUT2D eigenvalue weighted by Gasteiger charge is -2.08. The van der Waals surface area contributed by atoms with Crippen LogP contribution in [-0.4, -0.2) is 4.92 Å². The normalized spacial score (nSPS) is 10.3.